The molecule has 1 saturated heterocycles. The highest BCUT2D eigenvalue weighted by Crippen LogP contribution is 2.37. The summed E-state index contributed by atoms with van der Waals surface area (Å²) in [4.78, 5) is 1.54. The molecule has 1 aliphatic rings. The van der Waals surface area contributed by atoms with Crippen LogP contribution in [0.2, 0.25) is 0 Å². The molecule has 0 radical (unpaired) electrons. The number of ether oxygens (including phenoxy) is 1. The molecule has 1 atom stereocenters. The van der Waals surface area contributed by atoms with Crippen molar-refractivity contribution in [2.75, 3.05) is 32.8 Å². The maximum atomic E-state index is 14.2. The summed E-state index contributed by atoms with van der Waals surface area (Å²) in [5.74, 6) is -3.57. The molecular formula is C14H19ClF4N2O2. The molecule has 0 aromatic heterocycles. The fourth-order valence-electron chi connectivity index (χ4n) is 2.61. The van der Waals surface area contributed by atoms with Crippen molar-refractivity contribution in [1.82, 2.24) is 10.2 Å². The summed E-state index contributed by atoms with van der Waals surface area (Å²) in [6, 6.07) is 3.87. The number of hydrogen-bond acceptors (Lipinski definition) is 4. The number of alkyl halides is 4. The Labute approximate surface area is 137 Å². The van der Waals surface area contributed by atoms with Crippen LogP contribution in [0.1, 0.15) is 11.6 Å². The molecule has 1 heterocycles. The summed E-state index contributed by atoms with van der Waals surface area (Å²) in [6.45, 7) is -2.50. The molecule has 0 unspecified atom stereocenters. The molecule has 2 rings (SSSR count). The van der Waals surface area contributed by atoms with Gasteiger partial charge in [0.1, 0.15) is 18.4 Å². The minimum absolute atomic E-state index is 0. The zero-order valence-corrected chi connectivity index (χ0v) is 13.0. The Morgan fingerprint density at radius 1 is 1.26 bits per heavy atom. The van der Waals surface area contributed by atoms with Crippen molar-refractivity contribution in [1.29, 1.82) is 0 Å². The van der Waals surface area contributed by atoms with E-state index in [2.05, 4.69) is 10.1 Å². The van der Waals surface area contributed by atoms with E-state index in [-0.39, 0.29) is 23.7 Å². The second-order valence-electron chi connectivity index (χ2n) is 5.06. The standard InChI is InChI=1S/C14H18F4N2O2.ClH/c15-13(16)22-11-3-1-2-10(8-11)12(14(17,18)9-21)20-6-4-19-5-7-20;/h1-3,8,12-13,19,21H,4-7,9H2;1H/t12-;/m1./s1. The van der Waals surface area contributed by atoms with E-state index in [9.17, 15) is 17.6 Å². The molecule has 0 bridgehead atoms. The topological polar surface area (TPSA) is 44.7 Å². The number of aliphatic hydroxyl groups is 1. The van der Waals surface area contributed by atoms with Gasteiger partial charge in [0.05, 0.1) is 0 Å². The van der Waals surface area contributed by atoms with Gasteiger partial charge in [-0.05, 0) is 17.7 Å². The van der Waals surface area contributed by atoms with Gasteiger partial charge >= 0.3 is 6.61 Å². The van der Waals surface area contributed by atoms with Gasteiger partial charge in [0.25, 0.3) is 5.92 Å². The molecule has 1 fully saturated rings. The predicted octanol–water partition coefficient (Wildman–Crippen LogP) is 2.28. The predicted molar refractivity (Wildman–Crippen MR) is 79.5 cm³/mol. The van der Waals surface area contributed by atoms with Crippen molar-refractivity contribution < 1.29 is 27.4 Å². The summed E-state index contributed by atoms with van der Waals surface area (Å²) in [5.41, 5.74) is 0.138. The van der Waals surface area contributed by atoms with E-state index in [1.54, 1.807) is 0 Å². The molecule has 0 spiro atoms. The van der Waals surface area contributed by atoms with E-state index in [4.69, 9.17) is 5.11 Å². The molecule has 1 aliphatic heterocycles. The van der Waals surface area contributed by atoms with Gasteiger partial charge in [-0.2, -0.15) is 8.78 Å². The number of hydrogen-bond donors (Lipinski definition) is 2. The number of nitrogens with zero attached hydrogens (tertiary/aromatic N) is 1. The summed E-state index contributed by atoms with van der Waals surface area (Å²) in [5, 5.41) is 12.1. The van der Waals surface area contributed by atoms with Crippen LogP contribution in [0, 0.1) is 0 Å². The highest BCUT2D eigenvalue weighted by Gasteiger charge is 2.44. The number of rotatable bonds is 6. The fraction of sp³-hybridized carbons (Fsp3) is 0.571. The lowest BCUT2D eigenvalue weighted by Crippen LogP contribution is -2.51. The van der Waals surface area contributed by atoms with E-state index in [0.717, 1.165) is 0 Å². The average molecular weight is 359 g/mol. The van der Waals surface area contributed by atoms with Crippen LogP contribution >= 0.6 is 12.4 Å². The Balaban J connectivity index is 0.00000264. The smallest absolute Gasteiger partial charge is 0.387 e. The molecule has 132 valence electrons. The minimum Gasteiger partial charge on any atom is -0.435 e. The maximum Gasteiger partial charge on any atom is 0.387 e. The largest absolute Gasteiger partial charge is 0.435 e. The molecule has 9 heteroatoms. The molecule has 23 heavy (non-hydrogen) atoms. The van der Waals surface area contributed by atoms with Crippen LogP contribution in [0.5, 0.6) is 5.75 Å². The summed E-state index contributed by atoms with van der Waals surface area (Å²) < 4.78 is 57.2. The minimum atomic E-state index is -3.39. The summed E-state index contributed by atoms with van der Waals surface area (Å²) in [7, 11) is 0. The van der Waals surface area contributed by atoms with Gasteiger partial charge in [-0.15, -0.1) is 12.4 Å². The third kappa shape index (κ3) is 5.20. The van der Waals surface area contributed by atoms with Crippen molar-refractivity contribution in [2.24, 2.45) is 0 Å². The normalized spacial score (nSPS) is 17.7. The number of benzene rings is 1. The first-order valence-corrected chi connectivity index (χ1v) is 6.92. The first kappa shape index (κ1) is 20.0. The fourth-order valence-corrected chi connectivity index (χ4v) is 2.61. The number of nitrogens with one attached hydrogen (secondary N) is 1. The van der Waals surface area contributed by atoms with Gasteiger partial charge in [-0.3, -0.25) is 4.90 Å². The van der Waals surface area contributed by atoms with Crippen LogP contribution in [0.4, 0.5) is 17.6 Å². The molecular weight excluding hydrogens is 340 g/mol. The van der Waals surface area contributed by atoms with Gasteiger partial charge in [0.15, 0.2) is 0 Å². The summed E-state index contributed by atoms with van der Waals surface area (Å²) in [6.07, 6.45) is 0. The van der Waals surface area contributed by atoms with Crippen molar-refractivity contribution in [2.45, 2.75) is 18.6 Å². The van der Waals surface area contributed by atoms with Crippen LogP contribution in [0.25, 0.3) is 0 Å². The van der Waals surface area contributed by atoms with E-state index >= 15 is 0 Å². The van der Waals surface area contributed by atoms with Gasteiger partial charge in [-0.25, -0.2) is 8.78 Å². The second kappa shape index (κ2) is 8.68. The Kier molecular flexibility index (Phi) is 7.53. The van der Waals surface area contributed by atoms with Crippen LogP contribution in [-0.2, 0) is 0 Å². The van der Waals surface area contributed by atoms with Crippen LogP contribution in [0.15, 0.2) is 24.3 Å². The van der Waals surface area contributed by atoms with Crippen molar-refractivity contribution >= 4 is 12.4 Å². The third-order valence-electron chi connectivity index (χ3n) is 3.53. The van der Waals surface area contributed by atoms with Gasteiger partial charge < -0.3 is 15.2 Å². The van der Waals surface area contributed by atoms with Gasteiger partial charge in [0.2, 0.25) is 0 Å². The lowest BCUT2D eigenvalue weighted by Gasteiger charge is -2.38. The zero-order valence-electron chi connectivity index (χ0n) is 12.2. The molecule has 1 aromatic carbocycles. The van der Waals surface area contributed by atoms with Crippen LogP contribution in [-0.4, -0.2) is 55.3 Å². The Morgan fingerprint density at radius 2 is 1.91 bits per heavy atom. The van der Waals surface area contributed by atoms with Crippen LogP contribution < -0.4 is 10.1 Å². The molecule has 0 aliphatic carbocycles. The van der Waals surface area contributed by atoms with Crippen molar-refractivity contribution in [3.05, 3.63) is 29.8 Å². The quantitative estimate of drug-likeness (QED) is 0.766. The molecule has 0 saturated carbocycles. The Bertz CT molecular complexity index is 488. The Hall–Kier alpha value is -1.09. The monoisotopic (exact) mass is 358 g/mol. The molecule has 1 aromatic rings. The van der Waals surface area contributed by atoms with E-state index in [1.807, 2.05) is 0 Å². The molecule has 4 nitrogen and oxygen atoms in total. The summed E-state index contributed by atoms with van der Waals surface area (Å²) >= 11 is 0. The highest BCUT2D eigenvalue weighted by atomic mass is 35.5. The number of aliphatic hydroxyl groups excluding tert-OH is 1. The zero-order chi connectivity index (χ0) is 16.2. The van der Waals surface area contributed by atoms with Crippen LogP contribution in [0.3, 0.4) is 0 Å². The molecule has 2 N–H and O–H groups in total. The average Bonchev–Trinajstić information content (AvgIpc) is 2.48. The Morgan fingerprint density at radius 3 is 2.48 bits per heavy atom. The molecule has 0 amide bonds. The lowest BCUT2D eigenvalue weighted by atomic mass is 9.98. The highest BCUT2D eigenvalue weighted by molar-refractivity contribution is 5.85. The SMILES string of the molecule is Cl.OCC(F)(F)[C@@H](c1cccc(OC(F)F)c1)N1CCNCC1. The second-order valence-corrected chi connectivity index (χ2v) is 5.06. The first-order chi connectivity index (χ1) is 10.4. The van der Waals surface area contributed by atoms with Crippen molar-refractivity contribution in [3.8, 4) is 5.75 Å². The lowest BCUT2D eigenvalue weighted by molar-refractivity contribution is -0.118. The van der Waals surface area contributed by atoms with Gasteiger partial charge in [-0.1, -0.05) is 12.1 Å². The van der Waals surface area contributed by atoms with E-state index < -0.39 is 25.2 Å². The van der Waals surface area contributed by atoms with Crippen molar-refractivity contribution in [3.63, 3.8) is 0 Å². The van der Waals surface area contributed by atoms with E-state index in [0.29, 0.717) is 26.2 Å². The number of piperazine rings is 1. The maximum absolute atomic E-state index is 14.2. The first-order valence-electron chi connectivity index (χ1n) is 6.92. The van der Waals surface area contributed by atoms with Gasteiger partial charge in [0, 0.05) is 26.2 Å². The van der Waals surface area contributed by atoms with E-state index in [1.165, 1.54) is 29.2 Å². The number of halogens is 5. The third-order valence-corrected chi connectivity index (χ3v) is 3.53.